The lowest BCUT2D eigenvalue weighted by Crippen LogP contribution is -2.42. The summed E-state index contributed by atoms with van der Waals surface area (Å²) < 4.78 is 27.4. The molecular weight excluding hydrogens is 544 g/mol. The molecule has 0 radical (unpaired) electrons. The van der Waals surface area contributed by atoms with Crippen LogP contribution in [0.3, 0.4) is 0 Å². The Morgan fingerprint density at radius 2 is 1.48 bits per heavy atom. The summed E-state index contributed by atoms with van der Waals surface area (Å²) in [5.74, 6) is 2.58. The standard InChI is InChI=1S/C34H48N4O3S/c1-34(2,3)42(39)36-32(12-10-24-37-22-7-6-8-23-37)31-11-9-21-35-33(31)38(25-27-13-17-29(40-4)18-14-27)26-28-15-19-30(41-5)20-16-28/h9,11,13-21,32,36H,6-8,10,12,22-26H2,1-5H3/t32-,42?/m1/s1. The van der Waals surface area contributed by atoms with Gasteiger partial charge in [0.25, 0.3) is 0 Å². The second kappa shape index (κ2) is 15.6. The van der Waals surface area contributed by atoms with Gasteiger partial charge in [-0.2, -0.15) is 0 Å². The molecule has 8 heteroatoms. The first-order valence-electron chi connectivity index (χ1n) is 15.1. The maximum Gasteiger partial charge on any atom is 0.136 e. The average Bonchev–Trinajstić information content (AvgIpc) is 3.01. The molecule has 3 aromatic rings. The number of anilines is 1. The first-order chi connectivity index (χ1) is 20.3. The van der Waals surface area contributed by atoms with Gasteiger partial charge >= 0.3 is 0 Å². The lowest BCUT2D eigenvalue weighted by atomic mass is 10.0. The van der Waals surface area contributed by atoms with E-state index in [1.807, 2.05) is 57.3 Å². The van der Waals surface area contributed by atoms with Crippen molar-refractivity contribution in [1.29, 1.82) is 0 Å². The summed E-state index contributed by atoms with van der Waals surface area (Å²) in [6.07, 6.45) is 7.68. The summed E-state index contributed by atoms with van der Waals surface area (Å²) in [6.45, 7) is 10.8. The van der Waals surface area contributed by atoms with Crippen LogP contribution in [0.25, 0.3) is 0 Å². The number of hydrogen-bond acceptors (Lipinski definition) is 7. The van der Waals surface area contributed by atoms with Crippen LogP contribution in [0.5, 0.6) is 11.5 Å². The van der Waals surface area contributed by atoms with Gasteiger partial charge < -0.3 is 23.8 Å². The minimum absolute atomic E-state index is 0.0900. The fourth-order valence-electron chi connectivity index (χ4n) is 5.34. The van der Waals surface area contributed by atoms with Gasteiger partial charge in [0.05, 0.1) is 20.3 Å². The van der Waals surface area contributed by atoms with Crippen molar-refractivity contribution < 1.29 is 14.0 Å². The van der Waals surface area contributed by atoms with Gasteiger partial charge in [0.15, 0.2) is 0 Å². The number of methoxy groups -OCH3 is 2. The highest BCUT2D eigenvalue weighted by Gasteiger charge is 2.31. The number of nitrogens with zero attached hydrogens (tertiary/aromatic N) is 3. The molecule has 2 heterocycles. The van der Waals surface area contributed by atoms with Gasteiger partial charge in [0.1, 0.15) is 22.1 Å². The summed E-state index contributed by atoms with van der Waals surface area (Å²) >= 11 is -1.22. The molecule has 1 aliphatic rings. The molecular formula is C34H48N4O3S. The summed E-state index contributed by atoms with van der Waals surface area (Å²) in [4.78, 5) is 9.85. The van der Waals surface area contributed by atoms with Gasteiger partial charge in [-0.05, 0) is 108 Å². The topological polar surface area (TPSA) is 72.9 Å². The van der Waals surface area contributed by atoms with Crippen molar-refractivity contribution in [1.82, 2.24) is 14.6 Å². The zero-order chi connectivity index (χ0) is 30.0. The predicted molar refractivity (Wildman–Crippen MR) is 173 cm³/mol. The molecule has 0 spiro atoms. The first-order valence-corrected chi connectivity index (χ1v) is 16.3. The largest absolute Gasteiger partial charge is 0.598 e. The third kappa shape index (κ3) is 9.36. The van der Waals surface area contributed by atoms with Gasteiger partial charge in [-0.3, -0.25) is 0 Å². The molecule has 0 amide bonds. The van der Waals surface area contributed by atoms with E-state index in [4.69, 9.17) is 14.5 Å². The van der Waals surface area contributed by atoms with E-state index in [0.717, 1.165) is 53.4 Å². The van der Waals surface area contributed by atoms with Crippen molar-refractivity contribution in [2.24, 2.45) is 0 Å². The summed E-state index contributed by atoms with van der Waals surface area (Å²) in [5, 5.41) is 0. The van der Waals surface area contributed by atoms with E-state index in [1.165, 1.54) is 32.4 Å². The Kier molecular flexibility index (Phi) is 12.0. The molecule has 1 aromatic heterocycles. The second-order valence-corrected chi connectivity index (χ2v) is 14.1. The molecule has 1 fully saturated rings. The lowest BCUT2D eigenvalue weighted by molar-refractivity contribution is 0.222. The Balaban J connectivity index is 1.65. The average molecular weight is 593 g/mol. The van der Waals surface area contributed by atoms with E-state index in [9.17, 15) is 4.55 Å². The van der Waals surface area contributed by atoms with Crippen LogP contribution in [0, 0.1) is 0 Å². The number of pyridine rings is 1. The fraction of sp³-hybridized carbons (Fsp3) is 0.500. The van der Waals surface area contributed by atoms with Crippen molar-refractivity contribution >= 4 is 17.2 Å². The molecule has 228 valence electrons. The van der Waals surface area contributed by atoms with Crippen LogP contribution < -0.4 is 19.1 Å². The van der Waals surface area contributed by atoms with E-state index in [0.29, 0.717) is 13.1 Å². The lowest BCUT2D eigenvalue weighted by Gasteiger charge is -2.32. The molecule has 0 saturated carbocycles. The molecule has 4 rings (SSSR count). The van der Waals surface area contributed by atoms with Crippen LogP contribution >= 0.6 is 0 Å². The highest BCUT2D eigenvalue weighted by Crippen LogP contribution is 2.32. The van der Waals surface area contributed by atoms with E-state index in [-0.39, 0.29) is 10.8 Å². The third-order valence-corrected chi connectivity index (χ3v) is 9.39. The third-order valence-electron chi connectivity index (χ3n) is 7.78. The normalized spacial score (nSPS) is 15.7. The number of rotatable bonds is 14. The summed E-state index contributed by atoms with van der Waals surface area (Å²) in [6, 6.07) is 20.5. The first kappa shape index (κ1) is 32.1. The zero-order valence-corrected chi connectivity index (χ0v) is 26.8. The maximum atomic E-state index is 13.4. The van der Waals surface area contributed by atoms with Gasteiger partial charge in [0.2, 0.25) is 0 Å². The van der Waals surface area contributed by atoms with Crippen molar-refractivity contribution in [3.8, 4) is 11.5 Å². The van der Waals surface area contributed by atoms with Gasteiger partial charge in [-0.1, -0.05) is 36.8 Å². The van der Waals surface area contributed by atoms with Crippen molar-refractivity contribution in [3.63, 3.8) is 0 Å². The number of nitrogens with one attached hydrogen (secondary N) is 1. The van der Waals surface area contributed by atoms with Crippen LogP contribution in [-0.2, 0) is 24.5 Å². The van der Waals surface area contributed by atoms with E-state index < -0.39 is 11.4 Å². The fourth-order valence-corrected chi connectivity index (χ4v) is 6.20. The van der Waals surface area contributed by atoms with Crippen LogP contribution in [-0.4, -0.2) is 53.0 Å². The number of likely N-dealkylation sites (tertiary alicyclic amines) is 1. The van der Waals surface area contributed by atoms with E-state index in [1.54, 1.807) is 14.2 Å². The summed E-state index contributed by atoms with van der Waals surface area (Å²) in [5.41, 5.74) is 3.40. The van der Waals surface area contributed by atoms with E-state index >= 15 is 0 Å². The highest BCUT2D eigenvalue weighted by atomic mass is 32.2. The minimum Gasteiger partial charge on any atom is -0.598 e. The van der Waals surface area contributed by atoms with Crippen molar-refractivity contribution in [3.05, 3.63) is 83.6 Å². The quantitative estimate of drug-likeness (QED) is 0.210. The number of hydrogen-bond donors (Lipinski definition) is 1. The second-order valence-electron chi connectivity index (χ2n) is 12.1. The van der Waals surface area contributed by atoms with Crippen molar-refractivity contribution in [2.75, 3.05) is 38.8 Å². The van der Waals surface area contributed by atoms with Crippen LogP contribution in [0.4, 0.5) is 5.82 Å². The Morgan fingerprint density at radius 3 is 2.00 bits per heavy atom. The van der Waals surface area contributed by atoms with Crippen LogP contribution in [0.15, 0.2) is 66.9 Å². The van der Waals surface area contributed by atoms with Gasteiger partial charge in [-0.15, -0.1) is 4.72 Å². The van der Waals surface area contributed by atoms with E-state index in [2.05, 4.69) is 44.9 Å². The Hall–Kier alpha value is -2.78. The Morgan fingerprint density at radius 1 is 0.905 bits per heavy atom. The highest BCUT2D eigenvalue weighted by molar-refractivity contribution is 7.90. The van der Waals surface area contributed by atoms with Gasteiger partial charge in [0, 0.05) is 36.2 Å². The molecule has 1 saturated heterocycles. The number of piperidine rings is 1. The Bertz CT molecular complexity index is 1160. The molecule has 0 bridgehead atoms. The molecule has 42 heavy (non-hydrogen) atoms. The molecule has 1 unspecified atom stereocenters. The maximum absolute atomic E-state index is 13.4. The SMILES string of the molecule is COc1ccc(CN(Cc2ccc(OC)cc2)c2ncccc2[C@@H](CCCN2CCCCC2)N[S+]([O-])C(C)(C)C)cc1. The molecule has 1 N–H and O–H groups in total. The van der Waals surface area contributed by atoms with Gasteiger partial charge in [-0.25, -0.2) is 4.98 Å². The zero-order valence-electron chi connectivity index (χ0n) is 26.0. The minimum atomic E-state index is -1.22. The Labute approximate surface area is 255 Å². The summed E-state index contributed by atoms with van der Waals surface area (Å²) in [7, 11) is 3.37. The molecule has 2 aromatic carbocycles. The number of benzene rings is 2. The smallest absolute Gasteiger partial charge is 0.136 e. The molecule has 2 atom stereocenters. The predicted octanol–water partition coefficient (Wildman–Crippen LogP) is 6.66. The molecule has 1 aliphatic heterocycles. The van der Waals surface area contributed by atoms with Crippen LogP contribution in [0.1, 0.15) is 75.6 Å². The number of aromatic nitrogens is 1. The van der Waals surface area contributed by atoms with Crippen LogP contribution in [0.2, 0.25) is 0 Å². The number of ether oxygens (including phenoxy) is 2. The van der Waals surface area contributed by atoms with Crippen molar-refractivity contribution in [2.45, 2.75) is 76.8 Å². The monoisotopic (exact) mass is 592 g/mol. The molecule has 0 aliphatic carbocycles. The molecule has 7 nitrogen and oxygen atoms in total.